The average molecular weight is 309 g/mol. The van der Waals surface area contributed by atoms with E-state index in [-0.39, 0.29) is 5.75 Å². The van der Waals surface area contributed by atoms with Crippen LogP contribution < -0.4 is 15.2 Å². The molecule has 0 saturated carbocycles. The van der Waals surface area contributed by atoms with Gasteiger partial charge in [-0.3, -0.25) is 0 Å². The van der Waals surface area contributed by atoms with Crippen LogP contribution in [0.15, 0.2) is 12.1 Å². The fourth-order valence-corrected chi connectivity index (χ4v) is 2.30. The molecule has 1 fully saturated rings. The molecule has 1 heterocycles. The van der Waals surface area contributed by atoms with Crippen molar-refractivity contribution in [2.45, 2.75) is 44.8 Å². The van der Waals surface area contributed by atoms with Crippen LogP contribution in [0.5, 0.6) is 17.2 Å². The van der Waals surface area contributed by atoms with Gasteiger partial charge in [-0.15, -0.1) is 0 Å². The highest BCUT2D eigenvalue weighted by Crippen LogP contribution is 2.42. The van der Waals surface area contributed by atoms with E-state index >= 15 is 0 Å². The number of ether oxygens (including phenoxy) is 2. The van der Waals surface area contributed by atoms with Crippen LogP contribution in [0, 0.1) is 0 Å². The van der Waals surface area contributed by atoms with Crippen molar-refractivity contribution in [3.8, 4) is 17.2 Å². The SMILES string of the molecule is COc1cc([C@@H](N)B2OC(C)(C)C(C)(C)O2)cc(OC)c1O. The molecule has 22 heavy (non-hydrogen) atoms. The fourth-order valence-electron chi connectivity index (χ4n) is 2.30. The molecule has 3 N–H and O–H groups in total. The number of hydrogen-bond donors (Lipinski definition) is 2. The summed E-state index contributed by atoms with van der Waals surface area (Å²) in [4.78, 5) is 0. The topological polar surface area (TPSA) is 83.2 Å². The molecule has 7 heteroatoms. The van der Waals surface area contributed by atoms with Crippen molar-refractivity contribution in [1.29, 1.82) is 0 Å². The zero-order valence-corrected chi connectivity index (χ0v) is 14.0. The molecule has 0 amide bonds. The highest BCUT2D eigenvalue weighted by molar-refractivity contribution is 6.47. The maximum absolute atomic E-state index is 9.97. The predicted octanol–water partition coefficient (Wildman–Crippen LogP) is 2.04. The van der Waals surface area contributed by atoms with Crippen molar-refractivity contribution >= 4 is 7.12 Å². The second kappa shape index (κ2) is 5.64. The highest BCUT2D eigenvalue weighted by atomic mass is 16.7. The van der Waals surface area contributed by atoms with E-state index in [4.69, 9.17) is 24.5 Å². The molecule has 0 aromatic heterocycles. The molecule has 0 bridgehead atoms. The molecule has 1 saturated heterocycles. The van der Waals surface area contributed by atoms with Gasteiger partial charge in [0.2, 0.25) is 5.75 Å². The van der Waals surface area contributed by atoms with Gasteiger partial charge in [0, 0.05) is 0 Å². The Kier molecular flexibility index (Phi) is 4.34. The van der Waals surface area contributed by atoms with Crippen LogP contribution in [0.1, 0.15) is 39.2 Å². The van der Waals surface area contributed by atoms with Crippen LogP contribution in [-0.2, 0) is 9.31 Å². The maximum atomic E-state index is 9.97. The first-order valence-corrected chi connectivity index (χ1v) is 7.19. The molecule has 0 spiro atoms. The number of benzene rings is 1. The first-order valence-electron chi connectivity index (χ1n) is 7.19. The van der Waals surface area contributed by atoms with Crippen LogP contribution >= 0.6 is 0 Å². The molecule has 122 valence electrons. The molecular weight excluding hydrogens is 285 g/mol. The van der Waals surface area contributed by atoms with Crippen molar-refractivity contribution in [3.63, 3.8) is 0 Å². The lowest BCUT2D eigenvalue weighted by atomic mass is 9.75. The second-order valence-electron chi connectivity index (χ2n) is 6.42. The van der Waals surface area contributed by atoms with E-state index in [2.05, 4.69) is 0 Å². The summed E-state index contributed by atoms with van der Waals surface area (Å²) in [6.45, 7) is 7.88. The molecular formula is C15H24BNO5. The van der Waals surface area contributed by atoms with Crippen LogP contribution in [0.2, 0.25) is 0 Å². The Bertz CT molecular complexity index is 520. The van der Waals surface area contributed by atoms with Crippen LogP contribution in [0.3, 0.4) is 0 Å². The van der Waals surface area contributed by atoms with E-state index in [1.165, 1.54) is 14.2 Å². The Morgan fingerprint density at radius 2 is 1.45 bits per heavy atom. The third-order valence-electron chi connectivity index (χ3n) is 4.45. The third kappa shape index (κ3) is 2.76. The standard InChI is InChI=1S/C15H24BNO5/c1-14(2)15(3,4)22-16(21-14)13(17)9-7-10(19-5)12(18)11(8-9)20-6/h7-8,13,18H,17H2,1-6H3/t13-/m1/s1. The molecule has 0 aliphatic carbocycles. The summed E-state index contributed by atoms with van der Waals surface area (Å²) in [6.07, 6.45) is 0. The van der Waals surface area contributed by atoms with E-state index in [1.54, 1.807) is 12.1 Å². The number of methoxy groups -OCH3 is 2. The van der Waals surface area contributed by atoms with Crippen molar-refractivity contribution in [1.82, 2.24) is 0 Å². The zero-order chi connectivity index (χ0) is 16.7. The lowest BCUT2D eigenvalue weighted by Gasteiger charge is -2.32. The molecule has 1 aliphatic heterocycles. The van der Waals surface area contributed by atoms with Crippen molar-refractivity contribution < 1.29 is 23.9 Å². The Hall–Kier alpha value is -1.44. The summed E-state index contributed by atoms with van der Waals surface area (Å²) in [5.74, 6) is -0.0121. The summed E-state index contributed by atoms with van der Waals surface area (Å²) in [6, 6.07) is 3.32. The fraction of sp³-hybridized carbons (Fsp3) is 0.600. The number of phenols is 1. The molecule has 0 unspecified atom stereocenters. The van der Waals surface area contributed by atoms with Gasteiger partial charge in [-0.2, -0.15) is 0 Å². The molecule has 1 aliphatic rings. The summed E-state index contributed by atoms with van der Waals surface area (Å²) in [5, 5.41) is 9.97. The van der Waals surface area contributed by atoms with E-state index < -0.39 is 24.3 Å². The highest BCUT2D eigenvalue weighted by Gasteiger charge is 2.53. The summed E-state index contributed by atoms with van der Waals surface area (Å²) in [5.41, 5.74) is 6.08. The quantitative estimate of drug-likeness (QED) is 0.828. The lowest BCUT2D eigenvalue weighted by Crippen LogP contribution is -2.41. The normalized spacial score (nSPS) is 20.8. The molecule has 1 atom stereocenters. The minimum absolute atomic E-state index is 0.0603. The van der Waals surface area contributed by atoms with Gasteiger partial charge in [-0.1, -0.05) is 0 Å². The molecule has 0 radical (unpaired) electrons. The van der Waals surface area contributed by atoms with Crippen LogP contribution in [0.4, 0.5) is 0 Å². The van der Waals surface area contributed by atoms with Crippen LogP contribution in [0.25, 0.3) is 0 Å². The van der Waals surface area contributed by atoms with Crippen molar-refractivity contribution in [2.75, 3.05) is 14.2 Å². The van der Waals surface area contributed by atoms with E-state index in [0.29, 0.717) is 17.1 Å². The van der Waals surface area contributed by atoms with Gasteiger partial charge < -0.3 is 29.6 Å². The largest absolute Gasteiger partial charge is 0.502 e. The monoisotopic (exact) mass is 309 g/mol. The smallest absolute Gasteiger partial charge is 0.480 e. The summed E-state index contributed by atoms with van der Waals surface area (Å²) >= 11 is 0. The Morgan fingerprint density at radius 1 is 1.05 bits per heavy atom. The molecule has 2 rings (SSSR count). The first kappa shape index (κ1) is 16.9. The molecule has 1 aromatic rings. The number of aromatic hydroxyl groups is 1. The van der Waals surface area contributed by atoms with E-state index in [9.17, 15) is 5.11 Å². The number of nitrogens with two attached hydrogens (primary N) is 1. The number of hydrogen-bond acceptors (Lipinski definition) is 6. The Labute approximate surface area is 131 Å². The van der Waals surface area contributed by atoms with E-state index in [0.717, 1.165) is 0 Å². The van der Waals surface area contributed by atoms with Gasteiger partial charge in [0.1, 0.15) is 0 Å². The van der Waals surface area contributed by atoms with Crippen LogP contribution in [-0.4, -0.2) is 37.6 Å². The third-order valence-corrected chi connectivity index (χ3v) is 4.45. The minimum Gasteiger partial charge on any atom is -0.502 e. The summed E-state index contributed by atoms with van der Waals surface area (Å²) < 4.78 is 22.2. The van der Waals surface area contributed by atoms with Crippen molar-refractivity contribution in [3.05, 3.63) is 17.7 Å². The minimum atomic E-state index is -0.594. The van der Waals surface area contributed by atoms with Gasteiger partial charge in [-0.05, 0) is 45.4 Å². The average Bonchev–Trinajstić information content (AvgIpc) is 2.67. The van der Waals surface area contributed by atoms with Gasteiger partial charge >= 0.3 is 7.12 Å². The first-order chi connectivity index (χ1) is 10.1. The molecule has 6 nitrogen and oxygen atoms in total. The maximum Gasteiger partial charge on any atom is 0.480 e. The van der Waals surface area contributed by atoms with Gasteiger partial charge in [0.15, 0.2) is 11.5 Å². The number of phenolic OH excluding ortho intramolecular Hbond substituents is 1. The van der Waals surface area contributed by atoms with Gasteiger partial charge in [0.05, 0.1) is 31.4 Å². The Balaban J connectivity index is 2.33. The summed E-state index contributed by atoms with van der Waals surface area (Å²) in [7, 11) is 2.35. The number of rotatable bonds is 4. The van der Waals surface area contributed by atoms with E-state index in [1.807, 2.05) is 27.7 Å². The predicted molar refractivity (Wildman–Crippen MR) is 84.2 cm³/mol. The van der Waals surface area contributed by atoms with Crippen molar-refractivity contribution in [2.24, 2.45) is 5.73 Å². The zero-order valence-electron chi connectivity index (χ0n) is 14.0. The second-order valence-corrected chi connectivity index (χ2v) is 6.42. The van der Waals surface area contributed by atoms with Gasteiger partial charge in [-0.25, -0.2) is 0 Å². The lowest BCUT2D eigenvalue weighted by molar-refractivity contribution is 0.00578. The Morgan fingerprint density at radius 3 is 1.82 bits per heavy atom. The van der Waals surface area contributed by atoms with Gasteiger partial charge in [0.25, 0.3) is 0 Å². The molecule has 1 aromatic carbocycles.